The summed E-state index contributed by atoms with van der Waals surface area (Å²) in [5.41, 5.74) is -2.57. The summed E-state index contributed by atoms with van der Waals surface area (Å²) in [4.78, 5) is 0. The normalized spacial score (nSPS) is 16.2. The highest BCUT2D eigenvalue weighted by molar-refractivity contribution is 6.82. The van der Waals surface area contributed by atoms with Gasteiger partial charge in [0.25, 0.3) is 0 Å². The molecule has 0 spiro atoms. The molecule has 0 heterocycles. The quantitative estimate of drug-likeness (QED) is 0.244. The number of phenols is 1. The lowest BCUT2D eigenvalue weighted by atomic mass is 9.92. The Balaban J connectivity index is 4.58. The summed E-state index contributed by atoms with van der Waals surface area (Å²) in [6, 6.07) is 1.42. The Morgan fingerprint density at radius 2 is 0.500 bits per heavy atom. The van der Waals surface area contributed by atoms with Crippen molar-refractivity contribution >= 4 is 313 Å². The van der Waals surface area contributed by atoms with Crippen LogP contribution in [0, 0.1) is 0 Å². The fraction of sp³-hybridized carbons (Fsp3) is 0.667. The molecule has 1 aromatic carbocycles. The van der Waals surface area contributed by atoms with E-state index in [1.807, 2.05) is 0 Å². The molecule has 0 aliphatic heterocycles. The van der Waals surface area contributed by atoms with E-state index in [2.05, 4.69) is 0 Å². The summed E-state index contributed by atoms with van der Waals surface area (Å²) >= 11 is 169. The highest BCUT2D eigenvalue weighted by atomic mass is 35.6. The van der Waals surface area contributed by atoms with Crippen LogP contribution in [-0.2, 0) is 13.0 Å². The second-order valence-corrected chi connectivity index (χ2v) is 27.4. The summed E-state index contributed by atoms with van der Waals surface area (Å²) in [6.07, 6.45) is 0. The monoisotopic (exact) mass is 1180 g/mol. The number of alkyl halides is 27. The molecular weight excluding hydrogens is 1190 g/mol. The van der Waals surface area contributed by atoms with Crippen molar-refractivity contribution in [2.45, 2.75) is 50.4 Å². The second kappa shape index (κ2) is 15.6. The molecule has 0 fully saturated rings. The van der Waals surface area contributed by atoms with Crippen LogP contribution in [0.15, 0.2) is 12.1 Å². The topological polar surface area (TPSA) is 20.2 Å². The SMILES string of the molecule is Oc1c(C(Cl)(Cl)C(Cl)(Cl)C(Cl)(Cl)C(Cl)(Cl)Cl)cc(C(Cl)(Cl)C(Cl)(Cl)C(Cl)(Cl)C(Cl)(Cl)Cl)cc1C(Cl)(Cl)C(Cl)(Cl)C(Cl)(Cl)C(Cl)(Cl)Cl. The van der Waals surface area contributed by atoms with E-state index in [4.69, 9.17) is 313 Å². The van der Waals surface area contributed by atoms with E-state index in [9.17, 15) is 5.11 Å². The van der Waals surface area contributed by atoms with Gasteiger partial charge in [0.15, 0.2) is 26.0 Å². The molecule has 1 N–H and O–H groups in total. The zero-order chi connectivity index (χ0) is 37.7. The van der Waals surface area contributed by atoms with Gasteiger partial charge in [0.1, 0.15) is 5.75 Å². The van der Waals surface area contributed by atoms with Crippen molar-refractivity contribution in [3.05, 3.63) is 28.8 Å². The number of benzene rings is 1. The van der Waals surface area contributed by atoms with E-state index in [1.54, 1.807) is 0 Å². The van der Waals surface area contributed by atoms with Crippen LogP contribution in [0.25, 0.3) is 0 Å². The molecule has 270 valence electrons. The summed E-state index contributed by atoms with van der Waals surface area (Å²) < 4.78 is -35.3. The fourth-order valence-electron chi connectivity index (χ4n) is 2.94. The number of rotatable bonds is 9. The van der Waals surface area contributed by atoms with Gasteiger partial charge < -0.3 is 5.11 Å². The van der Waals surface area contributed by atoms with E-state index in [0.29, 0.717) is 12.1 Å². The van der Waals surface area contributed by atoms with Crippen LogP contribution in [0.5, 0.6) is 5.75 Å². The smallest absolute Gasteiger partial charge is 0.226 e. The van der Waals surface area contributed by atoms with Crippen molar-refractivity contribution in [3.63, 3.8) is 0 Å². The molecule has 0 aliphatic carbocycles. The lowest BCUT2D eigenvalue weighted by Crippen LogP contribution is -2.56. The van der Waals surface area contributed by atoms with Crippen LogP contribution in [0.2, 0.25) is 0 Å². The predicted octanol–water partition coefficient (Wildman–Crippen LogP) is 17.4. The van der Waals surface area contributed by atoms with Crippen molar-refractivity contribution in [1.82, 2.24) is 0 Å². The van der Waals surface area contributed by atoms with E-state index in [1.165, 1.54) is 0 Å². The molecule has 28 heteroatoms. The number of aromatic hydroxyl groups is 1. The van der Waals surface area contributed by atoms with Gasteiger partial charge in [-0.2, -0.15) is 0 Å². The fourth-order valence-corrected chi connectivity index (χ4v) is 9.64. The first-order valence-corrected chi connectivity index (χ1v) is 20.2. The number of hydrogen-bond donors (Lipinski definition) is 1. The Labute approximate surface area is 397 Å². The van der Waals surface area contributed by atoms with Gasteiger partial charge in [0, 0.05) is 11.1 Å². The van der Waals surface area contributed by atoms with E-state index in [-0.39, 0.29) is 0 Å². The van der Waals surface area contributed by atoms with Crippen LogP contribution in [0.3, 0.4) is 0 Å². The first-order chi connectivity index (χ1) is 19.5. The second-order valence-electron chi connectivity index (χ2n) is 8.58. The van der Waals surface area contributed by atoms with Gasteiger partial charge in [-0.25, -0.2) is 0 Å². The third-order valence-corrected chi connectivity index (χ3v) is 22.0. The Morgan fingerprint density at radius 3 is 0.696 bits per heavy atom. The van der Waals surface area contributed by atoms with E-state index in [0.717, 1.165) is 0 Å². The van der Waals surface area contributed by atoms with Gasteiger partial charge in [0.2, 0.25) is 24.4 Å². The lowest BCUT2D eigenvalue weighted by molar-refractivity contribution is 0.442. The minimum absolute atomic E-state index is 0.694. The number of halogens is 27. The summed E-state index contributed by atoms with van der Waals surface area (Å²) in [7, 11) is 0. The molecule has 0 radical (unpaired) electrons. The van der Waals surface area contributed by atoms with Crippen molar-refractivity contribution in [2.75, 3.05) is 0 Å². The molecule has 0 saturated carbocycles. The van der Waals surface area contributed by atoms with Gasteiger partial charge in [-0.1, -0.05) is 313 Å². The molecule has 0 aliphatic rings. The minimum atomic E-state index is -3.08. The number of hydrogen-bond acceptors (Lipinski definition) is 1. The molecule has 0 unspecified atom stereocenters. The Hall–Kier alpha value is 6.85. The zero-order valence-electron chi connectivity index (χ0n) is 19.8. The molecule has 0 amide bonds. The van der Waals surface area contributed by atoms with Crippen LogP contribution in [-0.4, -0.2) is 42.5 Å². The lowest BCUT2D eigenvalue weighted by Gasteiger charge is -2.47. The van der Waals surface area contributed by atoms with Crippen LogP contribution in [0.1, 0.15) is 16.7 Å². The van der Waals surface area contributed by atoms with Crippen molar-refractivity contribution < 1.29 is 5.11 Å². The highest BCUT2D eigenvalue weighted by Gasteiger charge is 2.73. The van der Waals surface area contributed by atoms with Crippen molar-refractivity contribution in [1.29, 1.82) is 0 Å². The van der Waals surface area contributed by atoms with Gasteiger partial charge >= 0.3 is 0 Å². The molecule has 46 heavy (non-hydrogen) atoms. The maximum atomic E-state index is 11.6. The summed E-state index contributed by atoms with van der Waals surface area (Å²) in [6.45, 7) is 0. The first kappa shape index (κ1) is 50.9. The molecule has 0 bridgehead atoms. The van der Waals surface area contributed by atoms with Crippen molar-refractivity contribution in [3.8, 4) is 5.75 Å². The minimum Gasteiger partial charge on any atom is -0.507 e. The van der Waals surface area contributed by atoms with Crippen molar-refractivity contribution in [2.24, 2.45) is 0 Å². The third kappa shape index (κ3) is 8.51. The zero-order valence-corrected chi connectivity index (χ0v) is 40.2. The first-order valence-electron chi connectivity index (χ1n) is 9.98. The highest BCUT2D eigenvalue weighted by Crippen LogP contribution is 2.71. The Morgan fingerprint density at radius 1 is 0.304 bits per heavy atom. The third-order valence-electron chi connectivity index (χ3n) is 5.58. The average Bonchev–Trinajstić information content (AvgIpc) is 2.80. The predicted molar refractivity (Wildman–Crippen MR) is 216 cm³/mol. The molecule has 1 rings (SSSR count). The molecule has 1 nitrogen and oxygen atoms in total. The molecule has 0 atom stereocenters. The summed E-state index contributed by atoms with van der Waals surface area (Å²) in [5, 5.41) is 11.6. The number of phenolic OH excluding ortho intramolecular Hbond substituents is 1. The van der Waals surface area contributed by atoms with E-state index >= 15 is 0 Å². The van der Waals surface area contributed by atoms with Crippen LogP contribution in [0.4, 0.5) is 0 Å². The van der Waals surface area contributed by atoms with Crippen LogP contribution >= 0.6 is 313 Å². The van der Waals surface area contributed by atoms with Gasteiger partial charge in [-0.15, -0.1) is 0 Å². The Kier molecular flexibility index (Phi) is 17.2. The van der Waals surface area contributed by atoms with Gasteiger partial charge in [-0.3, -0.25) is 0 Å². The molecule has 0 aromatic heterocycles. The maximum Gasteiger partial charge on any atom is 0.226 e. The van der Waals surface area contributed by atoms with Gasteiger partial charge in [-0.05, 0) is 17.7 Å². The largest absolute Gasteiger partial charge is 0.507 e. The molecular formula is C18H3Cl27O. The summed E-state index contributed by atoms with van der Waals surface area (Å²) in [5.74, 6) is -1.22. The van der Waals surface area contributed by atoms with Gasteiger partial charge in [0.05, 0.1) is 0 Å². The van der Waals surface area contributed by atoms with E-state index < -0.39 is 72.8 Å². The standard InChI is InChI=1S/C18H3Cl27O/c19-7(20,10(25,26)13(31,32)16(37,38)39)3-1-4(8(21,22)11(27,28)14(33,34)17(40,41)42)6(46)5(2-3)9(23,24)12(29,30)15(35,36)18(43,44)45/h1-2,46H. The molecule has 1 aromatic rings. The maximum absolute atomic E-state index is 11.6. The molecule has 0 saturated heterocycles. The average molecular weight is 1190 g/mol. The van der Waals surface area contributed by atoms with Crippen LogP contribution < -0.4 is 0 Å². The Bertz CT molecular complexity index is 1220.